The molecule has 0 aliphatic heterocycles. The van der Waals surface area contributed by atoms with Gasteiger partial charge >= 0.3 is 12.4 Å². The van der Waals surface area contributed by atoms with Gasteiger partial charge in [0.05, 0.1) is 33.2 Å². The number of benzene rings is 2. The van der Waals surface area contributed by atoms with Gasteiger partial charge in [-0.3, -0.25) is 5.01 Å². The van der Waals surface area contributed by atoms with Gasteiger partial charge in [0, 0.05) is 0 Å². The van der Waals surface area contributed by atoms with Gasteiger partial charge in [-0.15, -0.1) is 0 Å². The molecule has 4 N–H and O–H groups in total. The fourth-order valence-electron chi connectivity index (χ4n) is 2.24. The molecule has 0 aliphatic rings. The lowest BCUT2D eigenvalue weighted by Crippen LogP contribution is -2.31. The molecule has 0 atom stereocenters. The van der Waals surface area contributed by atoms with Crippen molar-refractivity contribution < 1.29 is 26.3 Å². The van der Waals surface area contributed by atoms with E-state index in [1.54, 1.807) is 0 Å². The van der Waals surface area contributed by atoms with E-state index in [1.807, 2.05) is 0 Å². The average molecular weight is 410 g/mol. The highest BCUT2D eigenvalue weighted by Crippen LogP contribution is 2.36. The van der Waals surface area contributed by atoms with Crippen LogP contribution in [0.3, 0.4) is 0 Å². The summed E-state index contributed by atoms with van der Waals surface area (Å²) in [5, 5.41) is 0.710. The quantitative estimate of drug-likeness (QED) is 0.405. The minimum Gasteiger partial charge on any atom is -0.397 e. The second-order valence-electron chi connectivity index (χ2n) is 5.61. The van der Waals surface area contributed by atoms with Gasteiger partial charge in [0.2, 0.25) is 0 Å². The van der Waals surface area contributed by atoms with E-state index in [0.29, 0.717) is 0 Å². The highest BCUT2D eigenvalue weighted by Gasteiger charge is 2.31. The van der Waals surface area contributed by atoms with Crippen LogP contribution in [-0.2, 0) is 12.4 Å². The number of alkyl halides is 6. The van der Waals surface area contributed by atoms with Gasteiger partial charge in [-0.25, -0.2) is 5.84 Å². The van der Waals surface area contributed by atoms with E-state index in [2.05, 4.69) is 0 Å². The van der Waals surface area contributed by atoms with Crippen LogP contribution in [0.25, 0.3) is 5.70 Å². The smallest absolute Gasteiger partial charge is 0.397 e. The summed E-state index contributed by atoms with van der Waals surface area (Å²) in [6.07, 6.45) is -9.05. The lowest BCUT2D eigenvalue weighted by Gasteiger charge is -2.23. The molecule has 0 saturated heterocycles. The first-order valence-corrected chi connectivity index (χ1v) is 7.75. The molecule has 2 rings (SSSR count). The summed E-state index contributed by atoms with van der Waals surface area (Å²) in [5.41, 5.74) is 4.71. The second-order valence-corrected chi connectivity index (χ2v) is 6.02. The van der Waals surface area contributed by atoms with Crippen LogP contribution in [0.1, 0.15) is 23.6 Å². The summed E-state index contributed by atoms with van der Waals surface area (Å²) >= 11 is 5.89. The summed E-state index contributed by atoms with van der Waals surface area (Å²) < 4.78 is 76.0. The van der Waals surface area contributed by atoms with Crippen LogP contribution in [0, 0.1) is 0 Å². The van der Waals surface area contributed by atoms with Crippen LogP contribution >= 0.6 is 11.6 Å². The number of anilines is 1. The third-order valence-electron chi connectivity index (χ3n) is 3.81. The summed E-state index contributed by atoms with van der Waals surface area (Å²) in [6, 6.07) is 6.67. The fourth-order valence-corrected chi connectivity index (χ4v) is 2.51. The molecule has 0 aliphatic carbocycles. The number of hydrogen-bond acceptors (Lipinski definition) is 3. The van der Waals surface area contributed by atoms with Gasteiger partial charge in [-0.2, -0.15) is 26.3 Å². The molecular formula is C17H14ClF6N3. The van der Waals surface area contributed by atoms with Crippen LogP contribution in [-0.4, -0.2) is 0 Å². The number of nitrogens with zero attached hydrogens (tertiary/aromatic N) is 1. The molecule has 0 spiro atoms. The zero-order valence-corrected chi connectivity index (χ0v) is 14.5. The van der Waals surface area contributed by atoms with Gasteiger partial charge in [0.25, 0.3) is 0 Å². The zero-order valence-electron chi connectivity index (χ0n) is 13.8. The van der Waals surface area contributed by atoms with E-state index in [-0.39, 0.29) is 27.7 Å². The van der Waals surface area contributed by atoms with Crippen molar-refractivity contribution in [3.63, 3.8) is 0 Å². The normalized spacial score (nSPS) is 13.4. The van der Waals surface area contributed by atoms with E-state index in [9.17, 15) is 26.3 Å². The summed E-state index contributed by atoms with van der Waals surface area (Å²) in [5.74, 6) is 5.89. The van der Waals surface area contributed by atoms with Crippen molar-refractivity contribution in [2.45, 2.75) is 19.3 Å². The molecule has 10 heteroatoms. The van der Waals surface area contributed by atoms with Crippen molar-refractivity contribution in [2.75, 3.05) is 5.01 Å². The standard InChI is InChI=1S/C17H14ClF6N3/c1-9(15(25)10-2-4-11(5-3-10)16(19,20)21)27(26)14-7-6-12(8-13(14)18)17(22,23)24/h2-8H,25-26H2,1H3/b15-9-. The summed E-state index contributed by atoms with van der Waals surface area (Å²) in [6.45, 7) is 1.46. The first kappa shape index (κ1) is 20.9. The van der Waals surface area contributed by atoms with Crippen LogP contribution < -0.4 is 16.6 Å². The Hall–Kier alpha value is -2.39. The molecule has 0 amide bonds. The predicted molar refractivity (Wildman–Crippen MR) is 91.3 cm³/mol. The first-order valence-electron chi connectivity index (χ1n) is 7.38. The van der Waals surface area contributed by atoms with E-state index in [0.717, 1.165) is 35.3 Å². The molecule has 0 heterocycles. The van der Waals surface area contributed by atoms with Gasteiger partial charge in [0.15, 0.2) is 0 Å². The molecule has 0 fully saturated rings. The fraction of sp³-hybridized carbons (Fsp3) is 0.176. The topological polar surface area (TPSA) is 55.3 Å². The molecule has 0 unspecified atom stereocenters. The SMILES string of the molecule is C/C(=C(/N)c1ccc(C(F)(F)F)cc1)N(N)c1ccc(C(F)(F)F)cc1Cl. The number of hydrazine groups is 1. The predicted octanol–water partition coefficient (Wildman–Crippen LogP) is 5.41. The third-order valence-corrected chi connectivity index (χ3v) is 4.11. The lowest BCUT2D eigenvalue weighted by molar-refractivity contribution is -0.138. The maximum Gasteiger partial charge on any atom is 0.416 e. The summed E-state index contributed by atoms with van der Waals surface area (Å²) in [4.78, 5) is 0. The molecule has 3 nitrogen and oxygen atoms in total. The van der Waals surface area contributed by atoms with Gasteiger partial charge < -0.3 is 5.73 Å². The lowest BCUT2D eigenvalue weighted by atomic mass is 10.1. The van der Waals surface area contributed by atoms with Crippen LogP contribution in [0.15, 0.2) is 48.2 Å². The van der Waals surface area contributed by atoms with Crippen LogP contribution in [0.4, 0.5) is 32.0 Å². The Morgan fingerprint density at radius 3 is 1.81 bits per heavy atom. The molecule has 0 bridgehead atoms. The highest BCUT2D eigenvalue weighted by molar-refractivity contribution is 6.33. The molecule has 27 heavy (non-hydrogen) atoms. The van der Waals surface area contributed by atoms with Crippen molar-refractivity contribution in [3.05, 3.63) is 69.9 Å². The number of nitrogens with two attached hydrogens (primary N) is 2. The Morgan fingerprint density at radius 2 is 1.37 bits per heavy atom. The molecule has 2 aromatic rings. The molecule has 0 saturated carbocycles. The van der Waals surface area contributed by atoms with E-state index >= 15 is 0 Å². The average Bonchev–Trinajstić information content (AvgIpc) is 2.58. The third kappa shape index (κ3) is 4.67. The van der Waals surface area contributed by atoms with Gasteiger partial charge in [-0.1, -0.05) is 23.7 Å². The Balaban J connectivity index is 2.36. The van der Waals surface area contributed by atoms with Crippen molar-refractivity contribution in [2.24, 2.45) is 11.6 Å². The minimum absolute atomic E-state index is 0.0437. The van der Waals surface area contributed by atoms with Crippen molar-refractivity contribution in [3.8, 4) is 0 Å². The van der Waals surface area contributed by atoms with E-state index in [4.69, 9.17) is 23.2 Å². The van der Waals surface area contributed by atoms with Crippen LogP contribution in [0.5, 0.6) is 0 Å². The van der Waals surface area contributed by atoms with E-state index < -0.39 is 23.5 Å². The minimum atomic E-state index is -4.56. The number of rotatable bonds is 3. The molecule has 2 aromatic carbocycles. The molecule has 0 aromatic heterocycles. The van der Waals surface area contributed by atoms with E-state index in [1.165, 1.54) is 19.1 Å². The van der Waals surface area contributed by atoms with Gasteiger partial charge in [-0.05, 0) is 42.8 Å². The van der Waals surface area contributed by atoms with Crippen molar-refractivity contribution in [1.29, 1.82) is 0 Å². The zero-order chi connectivity index (χ0) is 20.6. The molecule has 146 valence electrons. The maximum absolute atomic E-state index is 12.7. The van der Waals surface area contributed by atoms with Crippen LogP contribution in [0.2, 0.25) is 5.02 Å². The number of hydrogen-bond donors (Lipinski definition) is 2. The Morgan fingerprint density at radius 1 is 0.889 bits per heavy atom. The maximum atomic E-state index is 12.7. The number of allylic oxidation sites excluding steroid dienone is 1. The molecule has 0 radical (unpaired) electrons. The van der Waals surface area contributed by atoms with Crippen molar-refractivity contribution >= 4 is 23.0 Å². The highest BCUT2D eigenvalue weighted by atomic mass is 35.5. The Bertz CT molecular complexity index is 856. The number of halogens is 7. The Kier molecular flexibility index (Phi) is 5.67. The largest absolute Gasteiger partial charge is 0.416 e. The second kappa shape index (κ2) is 7.32. The first-order chi connectivity index (χ1) is 12.3. The molecular weight excluding hydrogens is 396 g/mol. The Labute approximate surface area is 155 Å². The monoisotopic (exact) mass is 409 g/mol. The summed E-state index contributed by atoms with van der Waals surface area (Å²) in [7, 11) is 0. The van der Waals surface area contributed by atoms with Gasteiger partial charge in [0.1, 0.15) is 0 Å². The van der Waals surface area contributed by atoms with Crippen molar-refractivity contribution in [1.82, 2.24) is 0 Å².